The predicted octanol–water partition coefficient (Wildman–Crippen LogP) is 2.71. The summed E-state index contributed by atoms with van der Waals surface area (Å²) in [4.78, 5) is 14.8. The highest BCUT2D eigenvalue weighted by molar-refractivity contribution is 5.80. The van der Waals surface area contributed by atoms with Gasteiger partial charge in [-0.3, -0.25) is 10.1 Å². The summed E-state index contributed by atoms with van der Waals surface area (Å²) < 4.78 is 5.04. The summed E-state index contributed by atoms with van der Waals surface area (Å²) in [5.41, 5.74) is -0.524. The molecule has 1 aliphatic carbocycles. The molecule has 122 valence electrons. The summed E-state index contributed by atoms with van der Waals surface area (Å²) in [5.74, 6) is -0.113. The number of esters is 1. The summed E-state index contributed by atoms with van der Waals surface area (Å²) in [6.07, 6.45) is 9.72. The average Bonchev–Trinajstić information content (AvgIpc) is 3.29. The van der Waals surface area contributed by atoms with E-state index in [9.17, 15) is 4.79 Å². The van der Waals surface area contributed by atoms with Crippen molar-refractivity contribution in [2.24, 2.45) is 0 Å². The second-order valence-electron chi connectivity index (χ2n) is 6.97. The molecule has 0 aromatic heterocycles. The van der Waals surface area contributed by atoms with Gasteiger partial charge >= 0.3 is 5.97 Å². The van der Waals surface area contributed by atoms with Crippen molar-refractivity contribution in [3.05, 3.63) is 0 Å². The van der Waals surface area contributed by atoms with Crippen LogP contribution in [0, 0.1) is 0 Å². The molecular formula is C17H32N2O2. The Hall–Kier alpha value is -0.610. The van der Waals surface area contributed by atoms with E-state index >= 15 is 0 Å². The number of nitrogens with one attached hydrogen (secondary N) is 1. The SMILES string of the molecule is CCCC1CCCCN1CCC(C)(NC1CC1)C(=O)OC. The van der Waals surface area contributed by atoms with E-state index < -0.39 is 5.54 Å². The highest BCUT2D eigenvalue weighted by atomic mass is 16.5. The number of carbonyl (C=O) groups excluding carboxylic acids is 1. The van der Waals surface area contributed by atoms with Crippen LogP contribution in [0.1, 0.15) is 65.2 Å². The van der Waals surface area contributed by atoms with Crippen molar-refractivity contribution in [2.45, 2.75) is 82.8 Å². The van der Waals surface area contributed by atoms with E-state index in [0.717, 1.165) is 13.0 Å². The van der Waals surface area contributed by atoms with Gasteiger partial charge in [0.2, 0.25) is 0 Å². The Labute approximate surface area is 129 Å². The number of hydrogen-bond acceptors (Lipinski definition) is 4. The van der Waals surface area contributed by atoms with Crippen LogP contribution < -0.4 is 5.32 Å². The van der Waals surface area contributed by atoms with Crippen molar-refractivity contribution < 1.29 is 9.53 Å². The van der Waals surface area contributed by atoms with Gasteiger partial charge in [0.15, 0.2) is 0 Å². The Morgan fingerprint density at radius 1 is 1.33 bits per heavy atom. The first kappa shape index (κ1) is 16.8. The smallest absolute Gasteiger partial charge is 0.325 e. The van der Waals surface area contributed by atoms with Crippen molar-refractivity contribution in [3.63, 3.8) is 0 Å². The third kappa shape index (κ3) is 4.68. The average molecular weight is 296 g/mol. The van der Waals surface area contributed by atoms with Gasteiger partial charge in [-0.1, -0.05) is 19.8 Å². The first-order valence-corrected chi connectivity index (χ1v) is 8.69. The second kappa shape index (κ2) is 7.59. The lowest BCUT2D eigenvalue weighted by Gasteiger charge is -2.38. The normalized spacial score (nSPS) is 26.3. The fourth-order valence-electron chi connectivity index (χ4n) is 3.52. The molecule has 2 aliphatic rings. The number of piperidine rings is 1. The topological polar surface area (TPSA) is 41.6 Å². The summed E-state index contributed by atoms with van der Waals surface area (Å²) in [6, 6.07) is 1.23. The lowest BCUT2D eigenvalue weighted by Crippen LogP contribution is -2.54. The second-order valence-corrected chi connectivity index (χ2v) is 6.97. The van der Waals surface area contributed by atoms with E-state index in [1.165, 1.54) is 58.6 Å². The van der Waals surface area contributed by atoms with Crippen LogP contribution in [0.25, 0.3) is 0 Å². The number of rotatable bonds is 8. The maximum atomic E-state index is 12.2. The first-order valence-electron chi connectivity index (χ1n) is 8.69. The van der Waals surface area contributed by atoms with Crippen molar-refractivity contribution in [1.29, 1.82) is 0 Å². The number of hydrogen-bond donors (Lipinski definition) is 1. The summed E-state index contributed by atoms with van der Waals surface area (Å²) in [7, 11) is 1.50. The van der Waals surface area contributed by atoms with Crippen LogP contribution in [-0.2, 0) is 9.53 Å². The summed E-state index contributed by atoms with van der Waals surface area (Å²) in [6.45, 7) is 6.46. The van der Waals surface area contributed by atoms with Crippen molar-refractivity contribution >= 4 is 5.97 Å². The molecule has 0 aromatic carbocycles. The molecule has 2 fully saturated rings. The van der Waals surface area contributed by atoms with Crippen LogP contribution in [-0.4, -0.2) is 48.7 Å². The maximum Gasteiger partial charge on any atom is 0.325 e. The van der Waals surface area contributed by atoms with Gasteiger partial charge < -0.3 is 9.64 Å². The molecule has 0 amide bonds. The molecule has 4 heteroatoms. The molecule has 2 unspecified atom stereocenters. The third-order valence-corrected chi connectivity index (χ3v) is 5.01. The third-order valence-electron chi connectivity index (χ3n) is 5.01. The largest absolute Gasteiger partial charge is 0.468 e. The number of carbonyl (C=O) groups is 1. The molecular weight excluding hydrogens is 264 g/mol. The fourth-order valence-corrected chi connectivity index (χ4v) is 3.52. The first-order chi connectivity index (χ1) is 10.1. The minimum atomic E-state index is -0.524. The van der Waals surface area contributed by atoms with Crippen LogP contribution in [0.5, 0.6) is 0 Å². The monoisotopic (exact) mass is 296 g/mol. The van der Waals surface area contributed by atoms with E-state index in [-0.39, 0.29) is 5.97 Å². The minimum absolute atomic E-state index is 0.113. The quantitative estimate of drug-likeness (QED) is 0.699. The Balaban J connectivity index is 1.91. The molecule has 2 rings (SSSR count). The van der Waals surface area contributed by atoms with Gasteiger partial charge in [0.05, 0.1) is 7.11 Å². The van der Waals surface area contributed by atoms with Crippen molar-refractivity contribution in [1.82, 2.24) is 10.2 Å². The van der Waals surface area contributed by atoms with E-state index in [1.54, 1.807) is 0 Å². The molecule has 1 aliphatic heterocycles. The molecule has 1 saturated carbocycles. The lowest BCUT2D eigenvalue weighted by atomic mass is 9.93. The Morgan fingerprint density at radius 3 is 2.71 bits per heavy atom. The summed E-state index contributed by atoms with van der Waals surface area (Å²) in [5, 5.41) is 3.50. The zero-order valence-corrected chi connectivity index (χ0v) is 14.0. The molecule has 2 atom stereocenters. The molecule has 0 aromatic rings. The van der Waals surface area contributed by atoms with Crippen LogP contribution in [0.3, 0.4) is 0 Å². The van der Waals surface area contributed by atoms with Crippen molar-refractivity contribution in [2.75, 3.05) is 20.2 Å². The van der Waals surface area contributed by atoms with Gasteiger partial charge in [-0.25, -0.2) is 0 Å². The molecule has 21 heavy (non-hydrogen) atoms. The van der Waals surface area contributed by atoms with Crippen LogP contribution in [0.2, 0.25) is 0 Å². The van der Waals surface area contributed by atoms with Crippen molar-refractivity contribution in [3.8, 4) is 0 Å². The number of nitrogens with zero attached hydrogens (tertiary/aromatic N) is 1. The molecule has 0 bridgehead atoms. The van der Waals surface area contributed by atoms with Crippen LogP contribution in [0.4, 0.5) is 0 Å². The zero-order chi connectivity index (χ0) is 15.3. The van der Waals surface area contributed by atoms with Crippen LogP contribution >= 0.6 is 0 Å². The number of likely N-dealkylation sites (tertiary alicyclic amines) is 1. The zero-order valence-electron chi connectivity index (χ0n) is 14.0. The standard InChI is InChI=1S/C17H32N2O2/c1-4-7-15-8-5-6-12-19(15)13-11-17(2,16(20)21-3)18-14-9-10-14/h14-15,18H,4-13H2,1-3H3. The minimum Gasteiger partial charge on any atom is -0.468 e. The van der Waals surface area contributed by atoms with Gasteiger partial charge in [0.1, 0.15) is 5.54 Å². The Kier molecular flexibility index (Phi) is 6.06. The number of methoxy groups -OCH3 is 1. The number of ether oxygens (including phenoxy) is 1. The van der Waals surface area contributed by atoms with Gasteiger partial charge in [-0.15, -0.1) is 0 Å². The highest BCUT2D eigenvalue weighted by Gasteiger charge is 2.39. The Morgan fingerprint density at radius 2 is 2.10 bits per heavy atom. The van der Waals surface area contributed by atoms with E-state index in [4.69, 9.17) is 4.74 Å². The predicted molar refractivity (Wildman–Crippen MR) is 85.3 cm³/mol. The molecule has 4 nitrogen and oxygen atoms in total. The Bertz CT molecular complexity index is 342. The van der Waals surface area contributed by atoms with Gasteiger partial charge in [-0.05, 0) is 52.0 Å². The lowest BCUT2D eigenvalue weighted by molar-refractivity contribution is -0.148. The van der Waals surface area contributed by atoms with E-state index in [1.807, 2.05) is 6.92 Å². The van der Waals surface area contributed by atoms with Gasteiger partial charge in [-0.2, -0.15) is 0 Å². The van der Waals surface area contributed by atoms with Crippen LogP contribution in [0.15, 0.2) is 0 Å². The maximum absolute atomic E-state index is 12.2. The highest BCUT2D eigenvalue weighted by Crippen LogP contribution is 2.27. The molecule has 1 N–H and O–H groups in total. The molecule has 0 spiro atoms. The van der Waals surface area contributed by atoms with Gasteiger partial charge in [0, 0.05) is 18.6 Å². The van der Waals surface area contributed by atoms with Gasteiger partial charge in [0.25, 0.3) is 0 Å². The fraction of sp³-hybridized carbons (Fsp3) is 0.941. The molecule has 1 saturated heterocycles. The van der Waals surface area contributed by atoms with E-state index in [0.29, 0.717) is 12.1 Å². The summed E-state index contributed by atoms with van der Waals surface area (Å²) >= 11 is 0. The molecule has 1 heterocycles. The van der Waals surface area contributed by atoms with E-state index in [2.05, 4.69) is 17.1 Å². The molecule has 0 radical (unpaired) electrons.